The van der Waals surface area contributed by atoms with E-state index in [9.17, 15) is 9.59 Å². The molecule has 32 heavy (non-hydrogen) atoms. The van der Waals surface area contributed by atoms with Crippen LogP contribution in [0, 0.1) is 17.8 Å². The van der Waals surface area contributed by atoms with Crippen LogP contribution in [0.5, 0.6) is 0 Å². The summed E-state index contributed by atoms with van der Waals surface area (Å²) in [5.41, 5.74) is 1.17. The van der Waals surface area contributed by atoms with Crippen molar-refractivity contribution in [3.63, 3.8) is 0 Å². The van der Waals surface area contributed by atoms with Crippen molar-refractivity contribution in [3.8, 4) is 0 Å². The highest BCUT2D eigenvalue weighted by Crippen LogP contribution is 2.32. The van der Waals surface area contributed by atoms with E-state index >= 15 is 0 Å². The Morgan fingerprint density at radius 3 is 2.53 bits per heavy atom. The molecule has 5 atom stereocenters. The SMILES string of the molecule is O=C(NC(CCN1CC2CN(C(=O)[C@@H]3CCCN3)C[C@@H]2C1)c1ccccc1)C1CCOC1. The van der Waals surface area contributed by atoms with Gasteiger partial charge in [-0.15, -0.1) is 0 Å². The van der Waals surface area contributed by atoms with Crippen LogP contribution in [0.4, 0.5) is 0 Å². The van der Waals surface area contributed by atoms with Crippen molar-refractivity contribution < 1.29 is 14.3 Å². The Morgan fingerprint density at radius 2 is 1.88 bits per heavy atom. The third-order valence-corrected chi connectivity index (χ3v) is 7.78. The largest absolute Gasteiger partial charge is 0.381 e. The van der Waals surface area contributed by atoms with E-state index in [-0.39, 0.29) is 23.9 Å². The molecule has 1 aromatic rings. The molecular weight excluding hydrogens is 404 g/mol. The Morgan fingerprint density at radius 1 is 1.09 bits per heavy atom. The standard InChI is InChI=1S/C25H36N4O3/c30-24(19-9-12-32-17-19)27-22(18-5-2-1-3-6-18)8-11-28-13-20-15-29(16-21(20)14-28)25(31)23-7-4-10-26-23/h1-3,5-6,19-23,26H,4,7-17H2,(H,27,30)/t19?,20-,21?,22?,23-/m0/s1. The molecule has 2 N–H and O–H groups in total. The van der Waals surface area contributed by atoms with E-state index < -0.39 is 0 Å². The summed E-state index contributed by atoms with van der Waals surface area (Å²) in [6.07, 6.45) is 3.81. The molecule has 4 fully saturated rings. The highest BCUT2D eigenvalue weighted by molar-refractivity contribution is 5.82. The van der Waals surface area contributed by atoms with Gasteiger partial charge in [-0.2, -0.15) is 0 Å². The van der Waals surface area contributed by atoms with Crippen LogP contribution in [0.1, 0.15) is 37.3 Å². The average Bonchev–Trinajstić information content (AvgIpc) is 3.60. The molecule has 7 nitrogen and oxygen atoms in total. The van der Waals surface area contributed by atoms with Crippen LogP contribution in [0.3, 0.4) is 0 Å². The molecule has 0 aliphatic carbocycles. The maximum absolute atomic E-state index is 12.7. The van der Waals surface area contributed by atoms with Gasteiger partial charge in [0.2, 0.25) is 11.8 Å². The number of nitrogens with zero attached hydrogens (tertiary/aromatic N) is 2. The van der Waals surface area contributed by atoms with Crippen LogP contribution in [-0.2, 0) is 14.3 Å². The normalized spacial score (nSPS) is 31.1. The van der Waals surface area contributed by atoms with Crippen LogP contribution in [-0.4, -0.2) is 80.1 Å². The van der Waals surface area contributed by atoms with Gasteiger partial charge in [-0.3, -0.25) is 9.59 Å². The number of hydrogen-bond acceptors (Lipinski definition) is 5. The smallest absolute Gasteiger partial charge is 0.239 e. The first-order valence-corrected chi connectivity index (χ1v) is 12.3. The summed E-state index contributed by atoms with van der Waals surface area (Å²) < 4.78 is 5.41. The van der Waals surface area contributed by atoms with Crippen LogP contribution >= 0.6 is 0 Å². The van der Waals surface area contributed by atoms with Crippen LogP contribution in [0.25, 0.3) is 0 Å². The van der Waals surface area contributed by atoms with E-state index in [2.05, 4.69) is 32.6 Å². The maximum Gasteiger partial charge on any atom is 0.239 e. The van der Waals surface area contributed by atoms with Gasteiger partial charge in [-0.25, -0.2) is 0 Å². The van der Waals surface area contributed by atoms with Gasteiger partial charge >= 0.3 is 0 Å². The van der Waals surface area contributed by atoms with E-state index in [0.29, 0.717) is 31.0 Å². The van der Waals surface area contributed by atoms with Crippen molar-refractivity contribution in [3.05, 3.63) is 35.9 Å². The number of likely N-dealkylation sites (tertiary alicyclic amines) is 2. The highest BCUT2D eigenvalue weighted by atomic mass is 16.5. The predicted molar refractivity (Wildman–Crippen MR) is 122 cm³/mol. The third kappa shape index (κ3) is 4.85. The van der Waals surface area contributed by atoms with Crippen molar-refractivity contribution in [1.82, 2.24) is 20.4 Å². The third-order valence-electron chi connectivity index (χ3n) is 7.78. The lowest BCUT2D eigenvalue weighted by molar-refractivity contribution is -0.132. The van der Waals surface area contributed by atoms with Gasteiger partial charge in [0.1, 0.15) is 0 Å². The van der Waals surface area contributed by atoms with E-state index in [1.165, 1.54) is 5.56 Å². The fourth-order valence-electron chi connectivity index (χ4n) is 5.92. The second-order valence-corrected chi connectivity index (χ2v) is 9.99. The first-order chi connectivity index (χ1) is 15.7. The quantitative estimate of drug-likeness (QED) is 0.671. The minimum atomic E-state index is -0.0229. The molecule has 4 heterocycles. The zero-order valence-corrected chi connectivity index (χ0v) is 18.9. The summed E-state index contributed by atoms with van der Waals surface area (Å²) in [6, 6.07) is 10.4. The van der Waals surface area contributed by atoms with Gasteiger partial charge < -0.3 is 25.2 Å². The Kier molecular flexibility index (Phi) is 6.76. The first kappa shape index (κ1) is 21.9. The predicted octanol–water partition coefficient (Wildman–Crippen LogP) is 1.41. The lowest BCUT2D eigenvalue weighted by atomic mass is 10.0. The minimum Gasteiger partial charge on any atom is -0.381 e. The zero-order valence-electron chi connectivity index (χ0n) is 18.9. The van der Waals surface area contributed by atoms with E-state index in [1.54, 1.807) is 0 Å². The number of ether oxygens (including phenoxy) is 1. The van der Waals surface area contributed by atoms with Crippen molar-refractivity contribution >= 4 is 11.8 Å². The second-order valence-electron chi connectivity index (χ2n) is 9.99. The molecule has 4 saturated heterocycles. The van der Waals surface area contributed by atoms with E-state index in [0.717, 1.165) is 65.0 Å². The molecule has 2 amide bonds. The molecule has 0 bridgehead atoms. The van der Waals surface area contributed by atoms with Crippen molar-refractivity contribution in [2.45, 2.75) is 37.8 Å². The molecule has 174 valence electrons. The minimum absolute atomic E-state index is 0.0229. The number of carbonyl (C=O) groups is 2. The number of benzene rings is 1. The molecule has 5 rings (SSSR count). The molecule has 4 aliphatic rings. The van der Waals surface area contributed by atoms with Crippen LogP contribution in [0.2, 0.25) is 0 Å². The number of amides is 2. The summed E-state index contributed by atoms with van der Waals surface area (Å²) >= 11 is 0. The molecule has 0 spiro atoms. The number of hydrogen-bond donors (Lipinski definition) is 2. The molecule has 0 aromatic heterocycles. The Bertz CT molecular complexity index is 778. The van der Waals surface area contributed by atoms with Gasteiger partial charge in [0, 0.05) is 39.3 Å². The first-order valence-electron chi connectivity index (χ1n) is 12.3. The average molecular weight is 441 g/mol. The second kappa shape index (κ2) is 9.89. The number of fused-ring (bicyclic) bond motifs is 1. The van der Waals surface area contributed by atoms with Gasteiger partial charge in [-0.05, 0) is 49.6 Å². The molecular formula is C25H36N4O3. The summed E-state index contributed by atoms with van der Waals surface area (Å²) in [7, 11) is 0. The van der Waals surface area contributed by atoms with Gasteiger partial charge in [0.15, 0.2) is 0 Å². The fraction of sp³-hybridized carbons (Fsp3) is 0.680. The molecule has 1 aromatic carbocycles. The molecule has 7 heteroatoms. The zero-order chi connectivity index (χ0) is 21.9. The Balaban J connectivity index is 1.14. The van der Waals surface area contributed by atoms with Crippen molar-refractivity contribution in [2.24, 2.45) is 17.8 Å². The Labute approximate surface area is 190 Å². The van der Waals surface area contributed by atoms with Crippen LogP contribution in [0.15, 0.2) is 30.3 Å². The van der Waals surface area contributed by atoms with Crippen molar-refractivity contribution in [2.75, 3.05) is 52.5 Å². The lowest BCUT2D eigenvalue weighted by Gasteiger charge is -2.26. The fourth-order valence-corrected chi connectivity index (χ4v) is 5.92. The molecule has 4 aliphatic heterocycles. The number of carbonyl (C=O) groups excluding carboxylic acids is 2. The van der Waals surface area contributed by atoms with Gasteiger partial charge in [0.25, 0.3) is 0 Å². The molecule has 0 saturated carbocycles. The molecule has 3 unspecified atom stereocenters. The van der Waals surface area contributed by atoms with E-state index in [1.807, 2.05) is 18.2 Å². The topological polar surface area (TPSA) is 73.9 Å². The summed E-state index contributed by atoms with van der Waals surface area (Å²) in [4.78, 5) is 30.1. The monoisotopic (exact) mass is 440 g/mol. The number of rotatable bonds is 7. The van der Waals surface area contributed by atoms with E-state index in [4.69, 9.17) is 4.74 Å². The highest BCUT2D eigenvalue weighted by Gasteiger charge is 2.43. The molecule has 0 radical (unpaired) electrons. The maximum atomic E-state index is 12.7. The van der Waals surface area contributed by atoms with Crippen LogP contribution < -0.4 is 10.6 Å². The summed E-state index contributed by atoms with van der Waals surface area (Å²) in [5, 5.41) is 6.65. The van der Waals surface area contributed by atoms with Gasteiger partial charge in [-0.1, -0.05) is 30.3 Å². The summed E-state index contributed by atoms with van der Waals surface area (Å²) in [5.74, 6) is 1.57. The van der Waals surface area contributed by atoms with Gasteiger partial charge in [0.05, 0.1) is 24.6 Å². The summed E-state index contributed by atoms with van der Waals surface area (Å²) in [6.45, 7) is 7.06. The number of nitrogens with one attached hydrogen (secondary N) is 2. The Hall–Kier alpha value is -1.96. The lowest BCUT2D eigenvalue weighted by Crippen LogP contribution is -2.43. The van der Waals surface area contributed by atoms with Crippen molar-refractivity contribution in [1.29, 1.82) is 0 Å².